The third kappa shape index (κ3) is 5.22. The molecule has 6 heteroatoms. The highest BCUT2D eigenvalue weighted by atomic mass is 79.9. The summed E-state index contributed by atoms with van der Waals surface area (Å²) in [5.41, 5.74) is 4.29. The number of carbonyl (C=O) groups is 1. The largest absolute Gasteiger partial charge is 0.461 e. The fourth-order valence-corrected chi connectivity index (χ4v) is 4.73. The normalized spacial score (nSPS) is 16.0. The average molecular weight is 475 g/mol. The van der Waals surface area contributed by atoms with Gasteiger partial charge in [0.15, 0.2) is 6.10 Å². The van der Waals surface area contributed by atoms with Gasteiger partial charge in [0, 0.05) is 24.3 Å². The third-order valence-corrected chi connectivity index (χ3v) is 6.60. The van der Waals surface area contributed by atoms with Crippen LogP contribution in [0.3, 0.4) is 0 Å². The van der Waals surface area contributed by atoms with E-state index in [1.165, 1.54) is 5.56 Å². The van der Waals surface area contributed by atoms with Crippen LogP contribution < -0.4 is 4.90 Å². The van der Waals surface area contributed by atoms with Gasteiger partial charge < -0.3 is 14.7 Å². The Morgan fingerprint density at radius 3 is 2.43 bits per heavy atom. The number of nitrogens with zero attached hydrogens (tertiary/aromatic N) is 2. The van der Waals surface area contributed by atoms with Gasteiger partial charge in [-0.15, -0.1) is 0 Å². The number of esters is 1. The van der Waals surface area contributed by atoms with Crippen molar-refractivity contribution in [1.29, 1.82) is 0 Å². The summed E-state index contributed by atoms with van der Waals surface area (Å²) < 4.78 is 6.10. The summed E-state index contributed by atoms with van der Waals surface area (Å²) in [6.07, 6.45) is 1.57. The molecule has 0 amide bonds. The Morgan fingerprint density at radius 1 is 1.20 bits per heavy atom. The number of benzene rings is 1. The molecule has 0 radical (unpaired) electrons. The highest BCUT2D eigenvalue weighted by Crippen LogP contribution is 2.40. The van der Waals surface area contributed by atoms with Crippen LogP contribution in [0.2, 0.25) is 0 Å². The van der Waals surface area contributed by atoms with Crippen molar-refractivity contribution in [2.75, 3.05) is 18.0 Å². The molecule has 162 valence electrons. The van der Waals surface area contributed by atoms with E-state index in [0.717, 1.165) is 48.2 Å². The van der Waals surface area contributed by atoms with Gasteiger partial charge in [0.2, 0.25) is 0 Å². The standard InChI is InChI=1S/C24H31BrN2O3/c1-15(2)30-24(29)23(28)20-16(3)26-17(4)21(25)22(20)27-12-10-19(11-13-27)14-18-8-6-5-7-9-18/h5-9,15,19,23,28H,10-14H2,1-4H3/t23-/m0/s1. The second kappa shape index (κ2) is 9.92. The minimum Gasteiger partial charge on any atom is -0.461 e. The van der Waals surface area contributed by atoms with Crippen molar-refractivity contribution < 1.29 is 14.6 Å². The number of hydrogen-bond donors (Lipinski definition) is 1. The van der Waals surface area contributed by atoms with Crippen molar-refractivity contribution in [3.05, 3.63) is 57.3 Å². The van der Waals surface area contributed by atoms with E-state index in [1.54, 1.807) is 13.8 Å². The summed E-state index contributed by atoms with van der Waals surface area (Å²) in [5, 5.41) is 10.8. The van der Waals surface area contributed by atoms with Gasteiger partial charge >= 0.3 is 5.97 Å². The average Bonchev–Trinajstić information content (AvgIpc) is 2.71. The first kappa shape index (κ1) is 22.8. The topological polar surface area (TPSA) is 62.7 Å². The van der Waals surface area contributed by atoms with Crippen molar-refractivity contribution in [1.82, 2.24) is 4.98 Å². The molecule has 1 aromatic heterocycles. The summed E-state index contributed by atoms with van der Waals surface area (Å²) >= 11 is 3.67. The van der Waals surface area contributed by atoms with Crippen LogP contribution in [0.4, 0.5) is 5.69 Å². The molecule has 1 aliphatic rings. The molecule has 1 saturated heterocycles. The number of piperidine rings is 1. The maximum absolute atomic E-state index is 12.5. The molecule has 0 spiro atoms. The van der Waals surface area contributed by atoms with Crippen molar-refractivity contribution in [2.45, 2.75) is 59.2 Å². The first-order valence-corrected chi connectivity index (χ1v) is 11.4. The summed E-state index contributed by atoms with van der Waals surface area (Å²) in [6, 6.07) is 10.6. The van der Waals surface area contributed by atoms with Crippen molar-refractivity contribution >= 4 is 27.6 Å². The highest BCUT2D eigenvalue weighted by molar-refractivity contribution is 9.10. The lowest BCUT2D eigenvalue weighted by atomic mass is 9.89. The van der Waals surface area contributed by atoms with E-state index >= 15 is 0 Å². The number of rotatable bonds is 6. The Morgan fingerprint density at radius 2 is 1.83 bits per heavy atom. The summed E-state index contributed by atoms with van der Waals surface area (Å²) in [5.74, 6) is -0.00315. The summed E-state index contributed by atoms with van der Waals surface area (Å²) in [6.45, 7) is 9.08. The maximum atomic E-state index is 12.5. The fourth-order valence-electron chi connectivity index (χ4n) is 4.18. The monoisotopic (exact) mass is 474 g/mol. The molecule has 0 unspecified atom stereocenters. The Kier molecular flexibility index (Phi) is 7.53. The molecule has 0 aliphatic carbocycles. The van der Waals surface area contributed by atoms with Crippen LogP contribution in [-0.2, 0) is 16.0 Å². The molecule has 1 aliphatic heterocycles. The number of aromatic nitrogens is 1. The van der Waals surface area contributed by atoms with Crippen LogP contribution in [0, 0.1) is 19.8 Å². The smallest absolute Gasteiger partial charge is 0.340 e. The first-order chi connectivity index (χ1) is 14.3. The Bertz CT molecular complexity index is 878. The number of aryl methyl sites for hydroxylation is 2. The van der Waals surface area contributed by atoms with Crippen LogP contribution in [0.25, 0.3) is 0 Å². The van der Waals surface area contributed by atoms with E-state index in [9.17, 15) is 9.90 Å². The zero-order chi connectivity index (χ0) is 21.8. The Balaban J connectivity index is 1.82. The number of aliphatic hydroxyl groups is 1. The van der Waals surface area contributed by atoms with Crippen molar-refractivity contribution in [3.8, 4) is 0 Å². The molecule has 3 rings (SSSR count). The minimum atomic E-state index is -1.35. The molecule has 1 atom stereocenters. The van der Waals surface area contributed by atoms with E-state index in [-0.39, 0.29) is 6.10 Å². The molecule has 30 heavy (non-hydrogen) atoms. The lowest BCUT2D eigenvalue weighted by Gasteiger charge is -2.36. The molecule has 2 aromatic rings. The minimum absolute atomic E-state index is 0.286. The second-order valence-electron chi connectivity index (χ2n) is 8.37. The maximum Gasteiger partial charge on any atom is 0.340 e. The lowest BCUT2D eigenvalue weighted by Crippen LogP contribution is -2.36. The van der Waals surface area contributed by atoms with Crippen LogP contribution in [0.1, 0.15) is 55.3 Å². The van der Waals surface area contributed by atoms with Gasteiger partial charge in [-0.3, -0.25) is 4.98 Å². The quantitative estimate of drug-likeness (QED) is 0.602. The summed E-state index contributed by atoms with van der Waals surface area (Å²) in [4.78, 5) is 19.3. The zero-order valence-corrected chi connectivity index (χ0v) is 19.8. The molecule has 1 fully saturated rings. The Labute approximate surface area is 187 Å². The second-order valence-corrected chi connectivity index (χ2v) is 9.16. The van der Waals surface area contributed by atoms with Gasteiger partial charge in [-0.25, -0.2) is 4.79 Å². The fraction of sp³-hybridized carbons (Fsp3) is 0.500. The van der Waals surface area contributed by atoms with E-state index in [1.807, 2.05) is 13.8 Å². The van der Waals surface area contributed by atoms with Gasteiger partial charge in [-0.1, -0.05) is 30.3 Å². The van der Waals surface area contributed by atoms with E-state index in [4.69, 9.17) is 4.74 Å². The van der Waals surface area contributed by atoms with Crippen molar-refractivity contribution in [2.24, 2.45) is 5.92 Å². The predicted molar refractivity (Wildman–Crippen MR) is 123 cm³/mol. The number of halogens is 1. The van der Waals surface area contributed by atoms with Crippen LogP contribution in [0.5, 0.6) is 0 Å². The molecular formula is C24H31BrN2O3. The molecule has 1 aromatic carbocycles. The Hall–Kier alpha value is -1.92. The number of aliphatic hydroxyl groups excluding tert-OH is 1. The molecule has 0 bridgehead atoms. The predicted octanol–water partition coefficient (Wildman–Crippen LogP) is 4.91. The molecule has 2 heterocycles. The van der Waals surface area contributed by atoms with Crippen molar-refractivity contribution in [3.63, 3.8) is 0 Å². The van der Waals surface area contributed by atoms with Gasteiger partial charge in [0.05, 0.1) is 22.0 Å². The third-order valence-electron chi connectivity index (χ3n) is 5.65. The number of ether oxygens (including phenoxy) is 1. The molecule has 1 N–H and O–H groups in total. The SMILES string of the molecule is Cc1nc(C)c([C@H](O)C(=O)OC(C)C)c(N2CCC(Cc3ccccc3)CC2)c1Br. The molecular weight excluding hydrogens is 444 g/mol. The molecule has 5 nitrogen and oxygen atoms in total. The zero-order valence-electron chi connectivity index (χ0n) is 18.2. The van der Waals surface area contributed by atoms with Gasteiger partial charge in [-0.2, -0.15) is 0 Å². The number of hydrogen-bond acceptors (Lipinski definition) is 5. The number of pyridine rings is 1. The van der Waals surface area contributed by atoms with Crippen LogP contribution in [-0.4, -0.2) is 35.3 Å². The van der Waals surface area contributed by atoms with E-state index in [0.29, 0.717) is 17.2 Å². The van der Waals surface area contributed by atoms with Crippen LogP contribution >= 0.6 is 15.9 Å². The first-order valence-electron chi connectivity index (χ1n) is 10.6. The van der Waals surface area contributed by atoms with E-state index in [2.05, 4.69) is 56.1 Å². The van der Waals surface area contributed by atoms with Gasteiger partial charge in [0.1, 0.15) is 0 Å². The lowest BCUT2D eigenvalue weighted by molar-refractivity contribution is -0.157. The van der Waals surface area contributed by atoms with Gasteiger partial charge in [0.25, 0.3) is 0 Å². The van der Waals surface area contributed by atoms with E-state index < -0.39 is 12.1 Å². The number of carbonyl (C=O) groups excluding carboxylic acids is 1. The van der Waals surface area contributed by atoms with Gasteiger partial charge in [-0.05, 0) is 74.4 Å². The van der Waals surface area contributed by atoms with Crippen LogP contribution in [0.15, 0.2) is 34.8 Å². The number of anilines is 1. The summed E-state index contributed by atoms with van der Waals surface area (Å²) in [7, 11) is 0. The highest BCUT2D eigenvalue weighted by Gasteiger charge is 2.31. The molecule has 0 saturated carbocycles.